The lowest BCUT2D eigenvalue weighted by atomic mass is 10.2. The number of benzene rings is 1. The summed E-state index contributed by atoms with van der Waals surface area (Å²) in [7, 11) is 0. The molecular formula is C14H15BrN4. The summed E-state index contributed by atoms with van der Waals surface area (Å²) < 4.78 is 2.71. The van der Waals surface area contributed by atoms with Crippen LogP contribution in [0.5, 0.6) is 0 Å². The summed E-state index contributed by atoms with van der Waals surface area (Å²) in [6.07, 6.45) is 1.72. The summed E-state index contributed by atoms with van der Waals surface area (Å²) in [4.78, 5) is 0. The Balaban J connectivity index is 2.36. The molecule has 2 rings (SSSR count). The van der Waals surface area contributed by atoms with Crippen LogP contribution >= 0.6 is 15.9 Å². The van der Waals surface area contributed by atoms with Gasteiger partial charge in [0.1, 0.15) is 17.5 Å². The van der Waals surface area contributed by atoms with Gasteiger partial charge in [-0.05, 0) is 18.1 Å². The molecule has 0 saturated carbocycles. The molecule has 0 bridgehead atoms. The smallest absolute Gasteiger partial charge is 0.140 e. The Hall–Kier alpha value is -1.80. The maximum atomic E-state index is 9.17. The van der Waals surface area contributed by atoms with Gasteiger partial charge in [-0.1, -0.05) is 47.5 Å². The Labute approximate surface area is 121 Å². The first-order valence-electron chi connectivity index (χ1n) is 6.16. The average Bonchev–Trinajstić information content (AvgIpc) is 2.69. The molecule has 98 valence electrons. The van der Waals surface area contributed by atoms with Crippen LogP contribution in [0.1, 0.15) is 30.2 Å². The maximum absolute atomic E-state index is 9.17. The highest BCUT2D eigenvalue weighted by Gasteiger charge is 2.15. The standard InChI is InChI=1S/C14H15BrN4/c1-2-5-13-11(8-16)14(17)19(18-13)9-10-6-3-4-7-12(10)15/h3-4,6-7H,2,5,9,17H2,1H3. The fourth-order valence-corrected chi connectivity index (χ4v) is 2.38. The van der Waals surface area contributed by atoms with Crippen LogP contribution in [0.2, 0.25) is 0 Å². The van der Waals surface area contributed by atoms with E-state index in [0.29, 0.717) is 17.9 Å². The maximum Gasteiger partial charge on any atom is 0.140 e. The second-order valence-electron chi connectivity index (χ2n) is 4.32. The number of aromatic nitrogens is 2. The summed E-state index contributed by atoms with van der Waals surface area (Å²) in [6.45, 7) is 2.62. The van der Waals surface area contributed by atoms with E-state index in [0.717, 1.165) is 28.6 Å². The second-order valence-corrected chi connectivity index (χ2v) is 5.17. The van der Waals surface area contributed by atoms with E-state index in [1.54, 1.807) is 4.68 Å². The number of nitrogens with two attached hydrogens (primary N) is 1. The van der Waals surface area contributed by atoms with Gasteiger partial charge in [0.15, 0.2) is 0 Å². The highest BCUT2D eigenvalue weighted by molar-refractivity contribution is 9.10. The van der Waals surface area contributed by atoms with E-state index < -0.39 is 0 Å². The van der Waals surface area contributed by atoms with Gasteiger partial charge in [-0.3, -0.25) is 0 Å². The second kappa shape index (κ2) is 5.89. The third-order valence-corrected chi connectivity index (χ3v) is 3.71. The third-order valence-electron chi connectivity index (χ3n) is 2.94. The Morgan fingerprint density at radius 2 is 2.16 bits per heavy atom. The van der Waals surface area contributed by atoms with Crippen LogP contribution < -0.4 is 5.73 Å². The van der Waals surface area contributed by atoms with E-state index in [1.807, 2.05) is 24.3 Å². The first-order chi connectivity index (χ1) is 9.17. The first-order valence-corrected chi connectivity index (χ1v) is 6.95. The van der Waals surface area contributed by atoms with Gasteiger partial charge in [-0.25, -0.2) is 4.68 Å². The van der Waals surface area contributed by atoms with Crippen molar-refractivity contribution < 1.29 is 0 Å². The summed E-state index contributed by atoms with van der Waals surface area (Å²) in [5.74, 6) is 0.446. The first kappa shape index (κ1) is 13.6. The van der Waals surface area contributed by atoms with Crippen LogP contribution in [0.4, 0.5) is 5.82 Å². The third kappa shape index (κ3) is 2.79. The van der Waals surface area contributed by atoms with Gasteiger partial charge < -0.3 is 5.73 Å². The molecular weight excluding hydrogens is 304 g/mol. The Bertz CT molecular complexity index is 625. The van der Waals surface area contributed by atoms with Crippen LogP contribution in [-0.4, -0.2) is 9.78 Å². The van der Waals surface area contributed by atoms with Gasteiger partial charge in [0, 0.05) is 4.47 Å². The van der Waals surface area contributed by atoms with Gasteiger partial charge in [0.25, 0.3) is 0 Å². The van der Waals surface area contributed by atoms with E-state index in [2.05, 4.69) is 34.0 Å². The van der Waals surface area contributed by atoms with Crippen LogP contribution in [0.15, 0.2) is 28.7 Å². The molecule has 0 fully saturated rings. The number of nitrogens with zero attached hydrogens (tertiary/aromatic N) is 3. The van der Waals surface area contributed by atoms with E-state index >= 15 is 0 Å². The van der Waals surface area contributed by atoms with Crippen LogP contribution in [-0.2, 0) is 13.0 Å². The summed E-state index contributed by atoms with van der Waals surface area (Å²) in [5, 5.41) is 13.6. The van der Waals surface area contributed by atoms with Gasteiger partial charge >= 0.3 is 0 Å². The minimum atomic E-state index is 0.446. The molecule has 4 nitrogen and oxygen atoms in total. The molecule has 5 heteroatoms. The van der Waals surface area contributed by atoms with Gasteiger partial charge in [-0.15, -0.1) is 0 Å². The number of anilines is 1. The van der Waals surface area contributed by atoms with Crippen molar-refractivity contribution in [2.24, 2.45) is 0 Å². The van der Waals surface area contributed by atoms with Crippen molar-refractivity contribution >= 4 is 21.7 Å². The number of halogens is 1. The molecule has 1 aromatic carbocycles. The lowest BCUT2D eigenvalue weighted by Crippen LogP contribution is -2.07. The van der Waals surface area contributed by atoms with Crippen molar-refractivity contribution in [3.63, 3.8) is 0 Å². The fraction of sp³-hybridized carbons (Fsp3) is 0.286. The molecule has 0 aliphatic heterocycles. The Kier molecular flexibility index (Phi) is 4.23. The molecule has 0 unspecified atom stereocenters. The fourth-order valence-electron chi connectivity index (χ4n) is 1.97. The van der Waals surface area contributed by atoms with Crippen molar-refractivity contribution in [3.05, 3.63) is 45.6 Å². The van der Waals surface area contributed by atoms with Gasteiger partial charge in [-0.2, -0.15) is 10.4 Å². The predicted octanol–water partition coefficient (Wildman–Crippen LogP) is 3.10. The topological polar surface area (TPSA) is 67.6 Å². The largest absolute Gasteiger partial charge is 0.383 e. The van der Waals surface area contributed by atoms with Crippen molar-refractivity contribution in [1.29, 1.82) is 5.26 Å². The summed E-state index contributed by atoms with van der Waals surface area (Å²) in [6, 6.07) is 10.1. The Morgan fingerprint density at radius 1 is 1.42 bits per heavy atom. The Morgan fingerprint density at radius 3 is 2.79 bits per heavy atom. The zero-order chi connectivity index (χ0) is 13.8. The number of rotatable bonds is 4. The van der Waals surface area contributed by atoms with Gasteiger partial charge in [0.05, 0.1) is 12.2 Å². The van der Waals surface area contributed by atoms with Crippen LogP contribution in [0, 0.1) is 11.3 Å². The molecule has 19 heavy (non-hydrogen) atoms. The van der Waals surface area contributed by atoms with E-state index in [4.69, 9.17) is 11.0 Å². The van der Waals surface area contributed by atoms with Crippen LogP contribution in [0.25, 0.3) is 0 Å². The van der Waals surface area contributed by atoms with E-state index in [1.165, 1.54) is 0 Å². The van der Waals surface area contributed by atoms with Crippen molar-refractivity contribution in [3.8, 4) is 6.07 Å². The summed E-state index contributed by atoms with van der Waals surface area (Å²) >= 11 is 3.50. The molecule has 0 radical (unpaired) electrons. The molecule has 0 spiro atoms. The predicted molar refractivity (Wildman–Crippen MR) is 78.6 cm³/mol. The zero-order valence-corrected chi connectivity index (χ0v) is 12.3. The highest BCUT2D eigenvalue weighted by atomic mass is 79.9. The molecule has 2 aromatic rings. The molecule has 0 atom stereocenters. The van der Waals surface area contributed by atoms with E-state index in [-0.39, 0.29) is 0 Å². The normalized spacial score (nSPS) is 10.4. The van der Waals surface area contributed by atoms with Crippen LogP contribution in [0.3, 0.4) is 0 Å². The lowest BCUT2D eigenvalue weighted by Gasteiger charge is -2.06. The molecule has 1 aromatic heterocycles. The quantitative estimate of drug-likeness (QED) is 0.941. The molecule has 0 aliphatic rings. The lowest BCUT2D eigenvalue weighted by molar-refractivity contribution is 0.675. The highest BCUT2D eigenvalue weighted by Crippen LogP contribution is 2.21. The SMILES string of the molecule is CCCc1nn(Cc2ccccc2Br)c(N)c1C#N. The molecule has 1 heterocycles. The summed E-state index contributed by atoms with van der Waals surface area (Å²) in [5.41, 5.74) is 8.39. The monoisotopic (exact) mass is 318 g/mol. The van der Waals surface area contributed by atoms with Crippen molar-refractivity contribution in [1.82, 2.24) is 9.78 Å². The van der Waals surface area contributed by atoms with Crippen molar-refractivity contribution in [2.75, 3.05) is 5.73 Å². The van der Waals surface area contributed by atoms with Crippen molar-refractivity contribution in [2.45, 2.75) is 26.3 Å². The van der Waals surface area contributed by atoms with Gasteiger partial charge in [0.2, 0.25) is 0 Å². The minimum Gasteiger partial charge on any atom is -0.383 e. The number of nitriles is 1. The van der Waals surface area contributed by atoms with E-state index in [9.17, 15) is 0 Å². The number of aryl methyl sites for hydroxylation is 1. The number of nitrogen functional groups attached to an aromatic ring is 1. The molecule has 2 N–H and O–H groups in total. The molecule has 0 saturated heterocycles. The average molecular weight is 319 g/mol. The molecule has 0 amide bonds. The number of hydrogen-bond acceptors (Lipinski definition) is 3. The minimum absolute atomic E-state index is 0.446. The number of hydrogen-bond donors (Lipinski definition) is 1. The zero-order valence-electron chi connectivity index (χ0n) is 10.7. The molecule has 0 aliphatic carbocycles.